The molecular formula is C22H22N8O7. The first-order valence-electron chi connectivity index (χ1n) is 10.8. The van der Waals surface area contributed by atoms with E-state index in [2.05, 4.69) is 40.5 Å². The Hall–Kier alpha value is -5.21. The van der Waals surface area contributed by atoms with Crippen LogP contribution < -0.4 is 20.6 Å². The summed E-state index contributed by atoms with van der Waals surface area (Å²) in [5, 5.41) is 18.8. The van der Waals surface area contributed by atoms with Crippen LogP contribution in [0.1, 0.15) is 45.0 Å². The monoisotopic (exact) mass is 510 g/mol. The number of benzene rings is 1. The summed E-state index contributed by atoms with van der Waals surface area (Å²) >= 11 is 0. The molecule has 0 atom stereocenters. The Labute approximate surface area is 209 Å². The topological polar surface area (TPSA) is 195 Å². The number of furan rings is 1. The number of hydrogen-bond donors (Lipinski definition) is 2. The van der Waals surface area contributed by atoms with Crippen LogP contribution in [0.4, 0.5) is 5.82 Å². The van der Waals surface area contributed by atoms with Crippen LogP contribution in [0.15, 0.2) is 44.5 Å². The van der Waals surface area contributed by atoms with E-state index in [9.17, 15) is 9.59 Å². The van der Waals surface area contributed by atoms with Crippen LogP contribution >= 0.6 is 0 Å². The lowest BCUT2D eigenvalue weighted by Gasteiger charge is -2.11. The van der Waals surface area contributed by atoms with Crippen molar-refractivity contribution in [2.24, 2.45) is 5.10 Å². The highest BCUT2D eigenvalue weighted by atomic mass is 16.6. The summed E-state index contributed by atoms with van der Waals surface area (Å²) in [6.07, 6.45) is 1.43. The molecule has 1 amide bonds. The van der Waals surface area contributed by atoms with Crippen molar-refractivity contribution in [3.8, 4) is 17.3 Å². The zero-order chi connectivity index (χ0) is 26.4. The van der Waals surface area contributed by atoms with Crippen molar-refractivity contribution >= 4 is 23.9 Å². The van der Waals surface area contributed by atoms with Crippen molar-refractivity contribution in [2.45, 2.75) is 20.5 Å². The van der Waals surface area contributed by atoms with Gasteiger partial charge in [-0.25, -0.2) is 14.8 Å². The second-order valence-corrected chi connectivity index (χ2v) is 7.29. The second kappa shape index (κ2) is 11.0. The molecule has 3 aromatic heterocycles. The minimum Gasteiger partial charge on any atom is -0.490 e. The van der Waals surface area contributed by atoms with Crippen molar-refractivity contribution in [1.29, 1.82) is 0 Å². The number of nitrogens with one attached hydrogen (secondary N) is 1. The van der Waals surface area contributed by atoms with Gasteiger partial charge in [-0.3, -0.25) is 4.79 Å². The summed E-state index contributed by atoms with van der Waals surface area (Å²) in [6.45, 7) is 3.90. The van der Waals surface area contributed by atoms with Gasteiger partial charge in [0, 0.05) is 0 Å². The molecule has 1 aromatic carbocycles. The lowest BCUT2D eigenvalue weighted by Crippen LogP contribution is -2.19. The summed E-state index contributed by atoms with van der Waals surface area (Å²) in [5.41, 5.74) is 9.07. The Balaban J connectivity index is 1.40. The maximum absolute atomic E-state index is 12.5. The summed E-state index contributed by atoms with van der Waals surface area (Å²) in [4.78, 5) is 24.0. The molecule has 0 fully saturated rings. The number of anilines is 1. The fourth-order valence-electron chi connectivity index (χ4n) is 3.10. The number of methoxy groups -OCH3 is 1. The van der Waals surface area contributed by atoms with Crippen LogP contribution in [-0.4, -0.2) is 57.1 Å². The first kappa shape index (κ1) is 24.9. The summed E-state index contributed by atoms with van der Waals surface area (Å²) in [7, 11) is 1.27. The highest BCUT2D eigenvalue weighted by Crippen LogP contribution is 2.29. The van der Waals surface area contributed by atoms with E-state index < -0.39 is 11.9 Å². The molecule has 15 nitrogen and oxygen atoms in total. The molecule has 4 aromatic rings. The Morgan fingerprint density at radius 2 is 2.03 bits per heavy atom. The predicted octanol–water partition coefficient (Wildman–Crippen LogP) is 1.66. The Morgan fingerprint density at radius 3 is 2.76 bits per heavy atom. The molecule has 0 spiro atoms. The first-order chi connectivity index (χ1) is 17.9. The van der Waals surface area contributed by atoms with Gasteiger partial charge < -0.3 is 24.4 Å². The average molecular weight is 510 g/mol. The Bertz CT molecular complexity index is 1440. The van der Waals surface area contributed by atoms with Gasteiger partial charge in [-0.2, -0.15) is 9.78 Å². The lowest BCUT2D eigenvalue weighted by molar-refractivity contribution is 0.0560. The van der Waals surface area contributed by atoms with E-state index in [0.717, 1.165) is 0 Å². The van der Waals surface area contributed by atoms with Crippen LogP contribution in [0, 0.1) is 6.92 Å². The summed E-state index contributed by atoms with van der Waals surface area (Å²) in [5.74, 6) is 0.379. The predicted molar refractivity (Wildman–Crippen MR) is 125 cm³/mol. The third kappa shape index (κ3) is 5.55. The maximum Gasteiger partial charge on any atom is 0.373 e. The zero-order valence-electron chi connectivity index (χ0n) is 20.0. The molecule has 0 aliphatic heterocycles. The van der Waals surface area contributed by atoms with E-state index in [-0.39, 0.29) is 29.7 Å². The average Bonchev–Trinajstić information content (AvgIpc) is 3.63. The van der Waals surface area contributed by atoms with Gasteiger partial charge in [0.25, 0.3) is 5.91 Å². The number of ether oxygens (including phenoxy) is 3. The molecule has 37 heavy (non-hydrogen) atoms. The number of hydrazone groups is 1. The molecule has 0 unspecified atom stereocenters. The number of carbonyl (C=O) groups excluding carboxylic acids is 2. The van der Waals surface area contributed by atoms with E-state index in [1.807, 2.05) is 6.92 Å². The van der Waals surface area contributed by atoms with Crippen LogP contribution in [-0.2, 0) is 11.3 Å². The van der Waals surface area contributed by atoms with Crippen LogP contribution in [0.2, 0.25) is 0 Å². The number of amides is 1. The molecule has 192 valence electrons. The number of nitrogens with zero attached hydrogens (tertiary/aromatic N) is 6. The molecule has 0 radical (unpaired) electrons. The van der Waals surface area contributed by atoms with Crippen LogP contribution in [0.25, 0.3) is 5.82 Å². The van der Waals surface area contributed by atoms with Gasteiger partial charge in [0.1, 0.15) is 12.4 Å². The molecular weight excluding hydrogens is 488 g/mol. The maximum atomic E-state index is 12.5. The molecule has 0 aliphatic rings. The van der Waals surface area contributed by atoms with E-state index in [0.29, 0.717) is 35.1 Å². The van der Waals surface area contributed by atoms with Crippen molar-refractivity contribution < 1.29 is 32.8 Å². The van der Waals surface area contributed by atoms with Gasteiger partial charge in [0.15, 0.2) is 17.2 Å². The van der Waals surface area contributed by atoms with Crippen LogP contribution in [0.5, 0.6) is 11.5 Å². The van der Waals surface area contributed by atoms with Gasteiger partial charge in [-0.05, 0) is 60.1 Å². The number of carbonyl (C=O) groups is 2. The summed E-state index contributed by atoms with van der Waals surface area (Å²) < 4.78 is 27.2. The molecule has 0 saturated carbocycles. The zero-order valence-corrected chi connectivity index (χ0v) is 20.0. The standard InChI is InChI=1S/C22H22N8O7/c1-4-34-17-9-13(5-7-15(17)35-11-14-6-8-16(36-14)22(32)33-3)10-24-26-21(31)18-12(2)30(29-25-18)20-19(23)27-37-28-20/h5-10H,4,11H2,1-3H3,(H2,23,27)(H,26,31)/b24-10+. The minimum atomic E-state index is -0.593. The third-order valence-electron chi connectivity index (χ3n) is 4.87. The molecule has 4 rings (SSSR count). The van der Waals surface area contributed by atoms with E-state index >= 15 is 0 Å². The normalized spacial score (nSPS) is 11.0. The lowest BCUT2D eigenvalue weighted by atomic mass is 10.2. The van der Waals surface area contributed by atoms with E-state index in [1.165, 1.54) is 24.1 Å². The Kier molecular flexibility index (Phi) is 7.42. The molecule has 0 saturated heterocycles. The minimum absolute atomic E-state index is 0.00520. The quantitative estimate of drug-likeness (QED) is 0.178. The van der Waals surface area contributed by atoms with Crippen molar-refractivity contribution in [3.05, 3.63) is 58.8 Å². The van der Waals surface area contributed by atoms with Gasteiger partial charge in [-0.1, -0.05) is 5.21 Å². The molecule has 15 heteroatoms. The molecule has 0 aliphatic carbocycles. The number of hydrogen-bond acceptors (Lipinski definition) is 13. The third-order valence-corrected chi connectivity index (χ3v) is 4.87. The number of rotatable bonds is 10. The molecule has 3 heterocycles. The highest BCUT2D eigenvalue weighted by molar-refractivity contribution is 5.94. The number of nitrogens with two attached hydrogens (primary N) is 1. The fraction of sp³-hybridized carbons (Fsp3) is 0.227. The largest absolute Gasteiger partial charge is 0.490 e. The number of esters is 1. The SMILES string of the molecule is CCOc1cc(/C=N/NC(=O)c2nnn(-c3nonc3N)c2C)ccc1OCc1ccc(C(=O)OC)o1. The van der Waals surface area contributed by atoms with Crippen molar-refractivity contribution in [3.63, 3.8) is 0 Å². The van der Waals surface area contributed by atoms with Gasteiger partial charge >= 0.3 is 5.97 Å². The van der Waals surface area contributed by atoms with Gasteiger partial charge in [0.2, 0.25) is 17.4 Å². The van der Waals surface area contributed by atoms with Crippen LogP contribution in [0.3, 0.4) is 0 Å². The van der Waals surface area contributed by atoms with Crippen molar-refractivity contribution in [1.82, 2.24) is 30.7 Å². The van der Waals surface area contributed by atoms with E-state index in [4.69, 9.17) is 19.6 Å². The molecule has 3 N–H and O–H groups in total. The fourth-order valence-corrected chi connectivity index (χ4v) is 3.10. The number of nitrogen functional groups attached to an aromatic ring is 1. The highest BCUT2D eigenvalue weighted by Gasteiger charge is 2.20. The first-order valence-corrected chi connectivity index (χ1v) is 10.8. The Morgan fingerprint density at radius 1 is 1.19 bits per heavy atom. The summed E-state index contributed by atoms with van der Waals surface area (Å²) in [6, 6.07) is 8.22. The molecule has 0 bridgehead atoms. The smallest absolute Gasteiger partial charge is 0.373 e. The number of aromatic nitrogens is 5. The van der Waals surface area contributed by atoms with Crippen molar-refractivity contribution in [2.75, 3.05) is 19.5 Å². The second-order valence-electron chi connectivity index (χ2n) is 7.29. The van der Waals surface area contributed by atoms with Gasteiger partial charge in [-0.15, -0.1) is 5.10 Å². The van der Waals surface area contributed by atoms with Gasteiger partial charge in [0.05, 0.1) is 25.6 Å². The van der Waals surface area contributed by atoms with E-state index in [1.54, 1.807) is 31.2 Å².